The van der Waals surface area contributed by atoms with Crippen LogP contribution in [-0.4, -0.2) is 35.3 Å². The maximum Gasteiger partial charge on any atom is 0.271 e. The van der Waals surface area contributed by atoms with Crippen LogP contribution >= 0.6 is 0 Å². The fourth-order valence-electron chi connectivity index (χ4n) is 3.29. The number of rotatable bonds is 5. The van der Waals surface area contributed by atoms with Gasteiger partial charge in [-0.2, -0.15) is 5.26 Å². The minimum atomic E-state index is -0.620. The van der Waals surface area contributed by atoms with Crippen molar-refractivity contribution in [2.24, 2.45) is 0 Å². The number of methoxy groups -OCH3 is 1. The van der Waals surface area contributed by atoms with E-state index in [0.717, 1.165) is 17.4 Å². The molecule has 1 saturated heterocycles. The summed E-state index contributed by atoms with van der Waals surface area (Å²) >= 11 is 0. The summed E-state index contributed by atoms with van der Waals surface area (Å²) < 4.78 is 11.7. The van der Waals surface area contributed by atoms with Gasteiger partial charge in [0, 0.05) is 12.2 Å². The monoisotopic (exact) mass is 368 g/mol. The van der Waals surface area contributed by atoms with Gasteiger partial charge < -0.3 is 14.6 Å². The molecule has 0 spiro atoms. The van der Waals surface area contributed by atoms with Crippen LogP contribution in [0.1, 0.15) is 39.9 Å². The van der Waals surface area contributed by atoms with Gasteiger partial charge in [-0.1, -0.05) is 12.1 Å². The molecule has 0 aliphatic carbocycles. The van der Waals surface area contributed by atoms with E-state index in [9.17, 15) is 20.0 Å². The highest BCUT2D eigenvalue weighted by atomic mass is 16.5. The Hall–Kier alpha value is -3.11. The van der Waals surface area contributed by atoms with Gasteiger partial charge in [0.25, 0.3) is 5.56 Å². The molecule has 27 heavy (non-hydrogen) atoms. The van der Waals surface area contributed by atoms with Crippen molar-refractivity contribution in [3.8, 4) is 17.7 Å². The molecule has 1 N–H and O–H groups in total. The Morgan fingerprint density at radius 2 is 2.26 bits per heavy atom. The van der Waals surface area contributed by atoms with Crippen molar-refractivity contribution in [1.29, 1.82) is 5.26 Å². The summed E-state index contributed by atoms with van der Waals surface area (Å²) in [5, 5.41) is 20.2. The number of benzene rings is 1. The van der Waals surface area contributed by atoms with Crippen LogP contribution in [0.5, 0.6) is 11.6 Å². The maximum atomic E-state index is 13.1. The van der Waals surface area contributed by atoms with Crippen LogP contribution < -0.4 is 10.3 Å². The minimum Gasteiger partial charge on any atom is -0.497 e. The van der Waals surface area contributed by atoms with Gasteiger partial charge in [-0.05, 0) is 37.5 Å². The van der Waals surface area contributed by atoms with E-state index in [1.165, 1.54) is 14.0 Å². The first-order chi connectivity index (χ1) is 13.0. The lowest BCUT2D eigenvalue weighted by atomic mass is 9.97. The standard InChI is InChI=1S/C20H20N2O5/c1-12-16(10-21)19(24)22(11-15-7-4-8-27-15)20(25)17(12)18(23)13-5-3-6-14(9-13)26-2/h3,5-6,9,15,25H,4,7-8,11H2,1-2H3. The van der Waals surface area contributed by atoms with Crippen LogP contribution in [0.25, 0.3) is 0 Å². The molecule has 1 aromatic carbocycles. The smallest absolute Gasteiger partial charge is 0.271 e. The van der Waals surface area contributed by atoms with Crippen molar-refractivity contribution < 1.29 is 19.4 Å². The fourth-order valence-corrected chi connectivity index (χ4v) is 3.29. The third kappa shape index (κ3) is 3.44. The molecule has 2 heterocycles. The number of ether oxygens (including phenoxy) is 2. The van der Waals surface area contributed by atoms with Gasteiger partial charge >= 0.3 is 0 Å². The zero-order valence-electron chi connectivity index (χ0n) is 15.2. The Balaban J connectivity index is 2.15. The normalized spacial score (nSPS) is 16.1. The maximum absolute atomic E-state index is 13.1. The Morgan fingerprint density at radius 1 is 1.48 bits per heavy atom. The molecule has 1 atom stereocenters. The van der Waals surface area contributed by atoms with Crippen LogP contribution in [-0.2, 0) is 11.3 Å². The molecule has 0 amide bonds. The highest BCUT2D eigenvalue weighted by Gasteiger charge is 2.27. The number of aromatic nitrogens is 1. The Bertz CT molecular complexity index is 981. The second-order valence-corrected chi connectivity index (χ2v) is 6.42. The Morgan fingerprint density at radius 3 is 2.89 bits per heavy atom. The number of nitrogens with zero attached hydrogens (tertiary/aromatic N) is 2. The summed E-state index contributed by atoms with van der Waals surface area (Å²) in [5.74, 6) is -0.438. The van der Waals surface area contributed by atoms with Gasteiger partial charge in [-0.3, -0.25) is 14.2 Å². The summed E-state index contributed by atoms with van der Waals surface area (Å²) in [7, 11) is 1.49. The third-order valence-corrected chi connectivity index (χ3v) is 4.77. The summed E-state index contributed by atoms with van der Waals surface area (Å²) in [6.45, 7) is 2.17. The largest absolute Gasteiger partial charge is 0.497 e. The van der Waals surface area contributed by atoms with E-state index < -0.39 is 17.2 Å². The number of hydrogen-bond acceptors (Lipinski definition) is 6. The SMILES string of the molecule is COc1cccc(C(=O)c2c(C)c(C#N)c(=O)n(CC3CCCO3)c2O)c1. The first kappa shape index (κ1) is 18.7. The zero-order valence-corrected chi connectivity index (χ0v) is 15.2. The predicted octanol–water partition coefficient (Wildman–Crippen LogP) is 2.15. The quantitative estimate of drug-likeness (QED) is 0.812. The molecule has 1 unspecified atom stereocenters. The number of carbonyl (C=O) groups excluding carboxylic acids is 1. The van der Waals surface area contributed by atoms with Crippen molar-refractivity contribution >= 4 is 5.78 Å². The minimum absolute atomic E-state index is 0.0580. The summed E-state index contributed by atoms with van der Waals surface area (Å²) in [4.78, 5) is 25.7. The van der Waals surface area contributed by atoms with E-state index in [1.807, 2.05) is 6.07 Å². The zero-order chi connectivity index (χ0) is 19.6. The average Bonchev–Trinajstić information content (AvgIpc) is 3.19. The second-order valence-electron chi connectivity index (χ2n) is 6.42. The lowest BCUT2D eigenvalue weighted by Gasteiger charge is -2.18. The summed E-state index contributed by atoms with van der Waals surface area (Å²) in [6.07, 6.45) is 1.38. The summed E-state index contributed by atoms with van der Waals surface area (Å²) in [5.41, 5.74) is -0.380. The highest BCUT2D eigenvalue weighted by Crippen LogP contribution is 2.27. The van der Waals surface area contributed by atoms with Gasteiger partial charge in [-0.15, -0.1) is 0 Å². The lowest BCUT2D eigenvalue weighted by molar-refractivity contribution is 0.0929. The molecule has 1 aliphatic heterocycles. The van der Waals surface area contributed by atoms with Crippen molar-refractivity contribution in [2.75, 3.05) is 13.7 Å². The van der Waals surface area contributed by atoms with Crippen LogP contribution in [0, 0.1) is 18.3 Å². The van der Waals surface area contributed by atoms with Crippen LogP contribution in [0.4, 0.5) is 0 Å². The molecule has 7 heteroatoms. The molecule has 1 fully saturated rings. The number of ketones is 1. The van der Waals surface area contributed by atoms with Gasteiger partial charge in [0.1, 0.15) is 17.4 Å². The number of nitriles is 1. The Kier molecular flexibility index (Phi) is 5.28. The number of aromatic hydroxyl groups is 1. The first-order valence-electron chi connectivity index (χ1n) is 8.64. The molecule has 7 nitrogen and oxygen atoms in total. The lowest BCUT2D eigenvalue weighted by Crippen LogP contribution is -2.30. The van der Waals surface area contributed by atoms with E-state index in [2.05, 4.69) is 0 Å². The molecular weight excluding hydrogens is 348 g/mol. The number of carbonyl (C=O) groups is 1. The second kappa shape index (κ2) is 7.64. The highest BCUT2D eigenvalue weighted by molar-refractivity contribution is 6.11. The molecule has 1 aromatic heterocycles. The molecule has 3 rings (SSSR count). The van der Waals surface area contributed by atoms with Crippen molar-refractivity contribution in [3.63, 3.8) is 0 Å². The number of hydrogen-bond donors (Lipinski definition) is 1. The van der Waals surface area contributed by atoms with Crippen molar-refractivity contribution in [1.82, 2.24) is 4.57 Å². The van der Waals surface area contributed by atoms with Crippen LogP contribution in [0.3, 0.4) is 0 Å². The van der Waals surface area contributed by atoms with E-state index in [4.69, 9.17) is 9.47 Å². The van der Waals surface area contributed by atoms with E-state index in [1.54, 1.807) is 24.3 Å². The molecular formula is C20H20N2O5. The van der Waals surface area contributed by atoms with E-state index in [0.29, 0.717) is 17.9 Å². The van der Waals surface area contributed by atoms with Gasteiger partial charge in [0.2, 0.25) is 5.88 Å². The fraction of sp³-hybridized carbons (Fsp3) is 0.350. The number of pyridine rings is 1. The summed E-state index contributed by atoms with van der Waals surface area (Å²) in [6, 6.07) is 8.35. The topological polar surface area (TPSA) is 102 Å². The predicted molar refractivity (Wildman–Crippen MR) is 97.2 cm³/mol. The molecule has 2 aromatic rings. The third-order valence-electron chi connectivity index (χ3n) is 4.77. The van der Waals surface area contributed by atoms with Gasteiger partial charge in [0.05, 0.1) is 25.3 Å². The van der Waals surface area contributed by atoms with Crippen LogP contribution in [0.15, 0.2) is 29.1 Å². The van der Waals surface area contributed by atoms with Gasteiger partial charge in [-0.25, -0.2) is 0 Å². The first-order valence-corrected chi connectivity index (χ1v) is 8.64. The molecule has 0 bridgehead atoms. The average molecular weight is 368 g/mol. The molecule has 1 aliphatic rings. The molecule has 0 radical (unpaired) electrons. The molecule has 0 saturated carbocycles. The Labute approximate surface area is 156 Å². The van der Waals surface area contributed by atoms with Crippen LogP contribution in [0.2, 0.25) is 0 Å². The van der Waals surface area contributed by atoms with Crippen molar-refractivity contribution in [2.45, 2.75) is 32.4 Å². The van der Waals surface area contributed by atoms with E-state index >= 15 is 0 Å². The van der Waals surface area contributed by atoms with E-state index in [-0.39, 0.29) is 29.3 Å². The molecule has 140 valence electrons. The van der Waals surface area contributed by atoms with Gasteiger partial charge in [0.15, 0.2) is 5.78 Å². The van der Waals surface area contributed by atoms with Crippen molar-refractivity contribution in [3.05, 3.63) is 56.9 Å².